The van der Waals surface area contributed by atoms with Crippen LogP contribution in [0.2, 0.25) is 0 Å². The molecule has 0 saturated heterocycles. The smallest absolute Gasteiger partial charge is 0.338 e. The molecule has 0 saturated carbocycles. The lowest BCUT2D eigenvalue weighted by molar-refractivity contribution is -0.139. The summed E-state index contributed by atoms with van der Waals surface area (Å²) in [6, 6.07) is 19.0. The SMILES string of the molecule is CCOC(=O)C1=C(C)NC(SCC(=O)Nc2ccc(C(=O)/C=C/c3cc(OC)c(OC)c(OC)c3)cc2)=N[C@H]1c1ccccc1. The van der Waals surface area contributed by atoms with E-state index in [-0.39, 0.29) is 24.1 Å². The number of rotatable bonds is 12. The lowest BCUT2D eigenvalue weighted by Gasteiger charge is -2.25. The maximum absolute atomic E-state index is 12.8. The molecule has 0 radical (unpaired) electrons. The topological polar surface area (TPSA) is 125 Å². The Morgan fingerprint density at radius 3 is 2.22 bits per heavy atom. The van der Waals surface area contributed by atoms with E-state index in [0.29, 0.717) is 50.5 Å². The van der Waals surface area contributed by atoms with Crippen LogP contribution < -0.4 is 24.8 Å². The largest absolute Gasteiger partial charge is 0.493 e. The summed E-state index contributed by atoms with van der Waals surface area (Å²) in [6.07, 6.45) is 3.12. The van der Waals surface area contributed by atoms with Gasteiger partial charge in [0.05, 0.1) is 39.3 Å². The van der Waals surface area contributed by atoms with E-state index in [2.05, 4.69) is 10.6 Å². The predicted octanol–water partition coefficient (Wildman–Crippen LogP) is 5.82. The number of thioether (sulfide) groups is 1. The number of ketones is 1. The van der Waals surface area contributed by atoms with Crippen LogP contribution >= 0.6 is 11.8 Å². The first kappa shape index (κ1) is 32.9. The van der Waals surface area contributed by atoms with E-state index in [4.69, 9.17) is 23.9 Å². The zero-order chi connectivity index (χ0) is 32.3. The predicted molar refractivity (Wildman–Crippen MR) is 176 cm³/mol. The third-order valence-corrected chi connectivity index (χ3v) is 7.62. The highest BCUT2D eigenvalue weighted by Gasteiger charge is 2.30. The number of aliphatic imine (C=N–C) groups is 1. The van der Waals surface area contributed by atoms with Crippen molar-refractivity contribution < 1.29 is 33.3 Å². The van der Waals surface area contributed by atoms with E-state index < -0.39 is 12.0 Å². The van der Waals surface area contributed by atoms with Crippen LogP contribution in [0.5, 0.6) is 17.2 Å². The van der Waals surface area contributed by atoms with Gasteiger partial charge in [0.25, 0.3) is 0 Å². The van der Waals surface area contributed by atoms with Crippen molar-refractivity contribution in [3.05, 3.63) is 101 Å². The standard InChI is InChI=1S/C34H35N3O7S/c1-6-44-33(40)30-21(2)35-34(37-31(30)24-10-8-7-9-11-24)45-20-29(39)36-25-15-13-23(14-16-25)26(38)17-12-22-18-27(41-3)32(43-5)28(19-22)42-4/h7-19,31H,6,20H2,1-5H3,(H,35,37)(H,36,39)/b17-12+/t31-/m0/s1. The molecule has 3 aromatic carbocycles. The second kappa shape index (κ2) is 15.6. The van der Waals surface area contributed by atoms with Gasteiger partial charge in [0.2, 0.25) is 11.7 Å². The second-order valence-electron chi connectivity index (χ2n) is 9.70. The number of hydrogen-bond acceptors (Lipinski definition) is 10. The normalized spacial score (nSPS) is 14.3. The number of carbonyl (C=O) groups is 3. The van der Waals surface area contributed by atoms with Crippen LogP contribution in [0.3, 0.4) is 0 Å². The number of ether oxygens (including phenoxy) is 4. The van der Waals surface area contributed by atoms with Gasteiger partial charge in [-0.25, -0.2) is 9.79 Å². The molecule has 4 rings (SSSR count). The summed E-state index contributed by atoms with van der Waals surface area (Å²) < 4.78 is 21.3. The summed E-state index contributed by atoms with van der Waals surface area (Å²) in [5.74, 6) is 0.620. The van der Waals surface area contributed by atoms with Crippen LogP contribution in [0.15, 0.2) is 89.1 Å². The Morgan fingerprint density at radius 2 is 1.62 bits per heavy atom. The molecule has 0 unspecified atom stereocenters. The zero-order valence-electron chi connectivity index (χ0n) is 25.7. The number of allylic oxidation sites excluding steroid dienone is 2. The Bertz CT molecular complexity index is 1610. The van der Waals surface area contributed by atoms with Gasteiger partial charge in [0, 0.05) is 16.9 Å². The molecule has 1 aliphatic rings. The molecule has 234 valence electrons. The molecule has 2 N–H and O–H groups in total. The van der Waals surface area contributed by atoms with Crippen molar-refractivity contribution in [2.45, 2.75) is 19.9 Å². The number of esters is 1. The number of benzene rings is 3. The highest BCUT2D eigenvalue weighted by Crippen LogP contribution is 2.38. The van der Waals surface area contributed by atoms with E-state index in [1.54, 1.807) is 56.3 Å². The van der Waals surface area contributed by atoms with Crippen molar-refractivity contribution >= 4 is 46.4 Å². The maximum Gasteiger partial charge on any atom is 0.338 e. The fourth-order valence-corrected chi connectivity index (χ4v) is 5.33. The number of carbonyl (C=O) groups excluding carboxylic acids is 3. The van der Waals surface area contributed by atoms with Crippen LogP contribution in [-0.2, 0) is 14.3 Å². The summed E-state index contributed by atoms with van der Waals surface area (Å²) in [5, 5.41) is 6.49. The Balaban J connectivity index is 1.37. The summed E-state index contributed by atoms with van der Waals surface area (Å²) in [6.45, 7) is 3.80. The Hall–Kier alpha value is -5.03. The molecule has 1 aliphatic heterocycles. The van der Waals surface area contributed by atoms with Crippen molar-refractivity contribution in [2.24, 2.45) is 4.99 Å². The van der Waals surface area contributed by atoms with E-state index in [1.807, 2.05) is 30.3 Å². The highest BCUT2D eigenvalue weighted by atomic mass is 32.2. The molecule has 0 spiro atoms. The van der Waals surface area contributed by atoms with Gasteiger partial charge in [0.1, 0.15) is 6.04 Å². The first-order valence-corrected chi connectivity index (χ1v) is 15.1. The fraction of sp³-hybridized carbons (Fsp3) is 0.235. The molecule has 11 heteroatoms. The maximum atomic E-state index is 12.8. The monoisotopic (exact) mass is 629 g/mol. The Labute approximate surface area is 266 Å². The van der Waals surface area contributed by atoms with Gasteiger partial charge in [0.15, 0.2) is 22.4 Å². The number of nitrogens with zero attached hydrogens (tertiary/aromatic N) is 1. The Morgan fingerprint density at radius 1 is 0.956 bits per heavy atom. The van der Waals surface area contributed by atoms with Gasteiger partial charge < -0.3 is 29.6 Å². The molecule has 45 heavy (non-hydrogen) atoms. The van der Waals surface area contributed by atoms with Crippen molar-refractivity contribution in [1.82, 2.24) is 5.32 Å². The average molecular weight is 630 g/mol. The minimum atomic E-state index is -0.551. The van der Waals surface area contributed by atoms with E-state index >= 15 is 0 Å². The number of amides is 1. The van der Waals surface area contributed by atoms with Gasteiger partial charge in [-0.05, 0) is 67.4 Å². The van der Waals surface area contributed by atoms with Gasteiger partial charge in [-0.15, -0.1) is 0 Å². The zero-order valence-corrected chi connectivity index (χ0v) is 26.5. The van der Waals surface area contributed by atoms with E-state index in [1.165, 1.54) is 39.2 Å². The third kappa shape index (κ3) is 8.33. The lowest BCUT2D eigenvalue weighted by Crippen LogP contribution is -2.31. The number of anilines is 1. The Kier molecular flexibility index (Phi) is 11.4. The van der Waals surface area contributed by atoms with Crippen molar-refractivity contribution in [1.29, 1.82) is 0 Å². The van der Waals surface area contributed by atoms with Crippen molar-refractivity contribution in [2.75, 3.05) is 39.0 Å². The van der Waals surface area contributed by atoms with E-state index in [0.717, 1.165) is 5.56 Å². The molecular formula is C34H35N3O7S. The van der Waals surface area contributed by atoms with Crippen LogP contribution in [0.1, 0.15) is 41.4 Å². The van der Waals surface area contributed by atoms with Gasteiger partial charge in [-0.2, -0.15) is 0 Å². The van der Waals surface area contributed by atoms with Crippen LogP contribution in [0.4, 0.5) is 5.69 Å². The first-order chi connectivity index (χ1) is 21.8. The van der Waals surface area contributed by atoms with Gasteiger partial charge in [-0.1, -0.05) is 48.2 Å². The van der Waals surface area contributed by atoms with E-state index in [9.17, 15) is 14.4 Å². The number of methoxy groups -OCH3 is 3. The summed E-state index contributed by atoms with van der Waals surface area (Å²) in [4.78, 5) is 43.0. The second-order valence-corrected chi connectivity index (χ2v) is 10.7. The summed E-state index contributed by atoms with van der Waals surface area (Å²) in [5.41, 5.74) is 3.61. The number of amidine groups is 1. The van der Waals surface area contributed by atoms with Crippen LogP contribution in [0.25, 0.3) is 6.08 Å². The molecule has 1 amide bonds. The third-order valence-electron chi connectivity index (χ3n) is 6.74. The quantitative estimate of drug-likeness (QED) is 0.145. The molecule has 1 atom stereocenters. The minimum absolute atomic E-state index is 0.0770. The first-order valence-electron chi connectivity index (χ1n) is 14.1. The highest BCUT2D eigenvalue weighted by molar-refractivity contribution is 8.14. The minimum Gasteiger partial charge on any atom is -0.493 e. The molecule has 0 aliphatic carbocycles. The molecular weight excluding hydrogens is 594 g/mol. The van der Waals surface area contributed by atoms with Crippen LogP contribution in [0, 0.1) is 0 Å². The molecule has 1 heterocycles. The molecule has 10 nitrogen and oxygen atoms in total. The summed E-state index contributed by atoms with van der Waals surface area (Å²) in [7, 11) is 4.58. The fourth-order valence-electron chi connectivity index (χ4n) is 4.58. The molecule has 0 bridgehead atoms. The molecule has 0 aromatic heterocycles. The number of nitrogens with one attached hydrogen (secondary N) is 2. The lowest BCUT2D eigenvalue weighted by atomic mass is 9.97. The van der Waals surface area contributed by atoms with Crippen LogP contribution in [-0.4, -0.2) is 56.5 Å². The van der Waals surface area contributed by atoms with Gasteiger partial charge >= 0.3 is 5.97 Å². The number of hydrogen-bond donors (Lipinski definition) is 2. The van der Waals surface area contributed by atoms with Gasteiger partial charge in [-0.3, -0.25) is 9.59 Å². The van der Waals surface area contributed by atoms with Crippen molar-refractivity contribution in [3.8, 4) is 17.2 Å². The summed E-state index contributed by atoms with van der Waals surface area (Å²) >= 11 is 1.23. The molecule has 0 fully saturated rings. The molecule has 3 aromatic rings. The van der Waals surface area contributed by atoms with Crippen molar-refractivity contribution in [3.63, 3.8) is 0 Å². The average Bonchev–Trinajstić information content (AvgIpc) is 3.06.